The van der Waals surface area contributed by atoms with Crippen LogP contribution in [0, 0.1) is 12.7 Å². The summed E-state index contributed by atoms with van der Waals surface area (Å²) in [5, 5.41) is 3.06. The highest BCUT2D eigenvalue weighted by Gasteiger charge is 2.16. The summed E-state index contributed by atoms with van der Waals surface area (Å²) in [5.74, 6) is -1.13. The number of halogens is 3. The molecular weight excluding hydrogens is 333 g/mol. The van der Waals surface area contributed by atoms with Gasteiger partial charge in [0.25, 0.3) is 5.91 Å². The van der Waals surface area contributed by atoms with Crippen molar-refractivity contribution < 1.29 is 9.18 Å². The Hall–Kier alpha value is -1.39. The molecule has 1 N–H and O–H groups in total. The minimum absolute atomic E-state index is 0.0416. The number of rotatable bonds is 2. The molecule has 0 atom stereocenters. The molecule has 0 heterocycles. The van der Waals surface area contributed by atoms with Crippen molar-refractivity contribution in [1.82, 2.24) is 0 Å². The van der Waals surface area contributed by atoms with Gasteiger partial charge in [-0.1, -0.05) is 29.8 Å². The topological polar surface area (TPSA) is 29.1 Å². The van der Waals surface area contributed by atoms with Gasteiger partial charge in [0.05, 0.1) is 16.3 Å². The Morgan fingerprint density at radius 2 is 1.95 bits per heavy atom. The van der Waals surface area contributed by atoms with E-state index in [1.54, 1.807) is 18.2 Å². The summed E-state index contributed by atoms with van der Waals surface area (Å²) in [7, 11) is 0. The highest BCUT2D eigenvalue weighted by Crippen LogP contribution is 2.27. The smallest absolute Gasteiger partial charge is 0.259 e. The lowest BCUT2D eigenvalue weighted by Crippen LogP contribution is -2.15. The van der Waals surface area contributed by atoms with E-state index >= 15 is 0 Å². The Labute approximate surface area is 123 Å². The van der Waals surface area contributed by atoms with Gasteiger partial charge in [0.2, 0.25) is 0 Å². The Morgan fingerprint density at radius 1 is 1.26 bits per heavy atom. The summed E-state index contributed by atoms with van der Waals surface area (Å²) in [6, 6.07) is 9.63. The first-order chi connectivity index (χ1) is 9.00. The molecule has 0 unspecified atom stereocenters. The second kappa shape index (κ2) is 5.72. The summed E-state index contributed by atoms with van der Waals surface area (Å²) in [6.07, 6.45) is 0. The van der Waals surface area contributed by atoms with E-state index in [0.717, 1.165) is 5.56 Å². The molecule has 0 radical (unpaired) electrons. The number of amides is 1. The number of nitrogens with one attached hydrogen (secondary N) is 1. The summed E-state index contributed by atoms with van der Waals surface area (Å²) >= 11 is 9.24. The van der Waals surface area contributed by atoms with Gasteiger partial charge in [-0.25, -0.2) is 4.39 Å². The third kappa shape index (κ3) is 2.96. The predicted molar refractivity (Wildman–Crippen MR) is 78.2 cm³/mol. The molecule has 2 aromatic carbocycles. The van der Waals surface area contributed by atoms with Gasteiger partial charge in [-0.05, 0) is 46.6 Å². The van der Waals surface area contributed by atoms with Gasteiger partial charge in [0, 0.05) is 4.47 Å². The fourth-order valence-corrected chi connectivity index (χ4v) is 2.34. The van der Waals surface area contributed by atoms with Crippen molar-refractivity contribution in [2.24, 2.45) is 0 Å². The lowest BCUT2D eigenvalue weighted by Gasteiger charge is -2.10. The quantitative estimate of drug-likeness (QED) is 0.834. The molecule has 2 rings (SSSR count). The van der Waals surface area contributed by atoms with Gasteiger partial charge in [-0.2, -0.15) is 0 Å². The average molecular weight is 343 g/mol. The van der Waals surface area contributed by atoms with Crippen LogP contribution in [0.4, 0.5) is 10.1 Å². The molecular formula is C14H10BrClFNO. The maximum absolute atomic E-state index is 13.7. The lowest BCUT2D eigenvalue weighted by atomic mass is 10.1. The molecule has 0 aromatic heterocycles. The summed E-state index contributed by atoms with van der Waals surface area (Å²) < 4.78 is 14.1. The molecule has 0 aliphatic heterocycles. The zero-order valence-electron chi connectivity index (χ0n) is 10.0. The molecule has 5 heteroatoms. The Kier molecular flexibility index (Phi) is 4.22. The molecule has 19 heavy (non-hydrogen) atoms. The molecule has 0 aliphatic rings. The summed E-state index contributed by atoms with van der Waals surface area (Å²) in [5.41, 5.74) is 1.26. The van der Waals surface area contributed by atoms with Crippen molar-refractivity contribution >= 4 is 39.1 Å². The lowest BCUT2D eigenvalue weighted by molar-refractivity contribution is 0.102. The predicted octanol–water partition coefficient (Wildman–Crippen LogP) is 4.80. The van der Waals surface area contributed by atoms with Crippen LogP contribution in [0.1, 0.15) is 15.9 Å². The average Bonchev–Trinajstić information content (AvgIpc) is 2.35. The standard InChI is InChI=1S/C14H10BrClFNO/c1-8-4-2-7-11(13(8)16)18-14(19)12-9(15)5-3-6-10(12)17/h2-7H,1H3,(H,18,19). The summed E-state index contributed by atoms with van der Waals surface area (Å²) in [4.78, 5) is 12.1. The number of carbonyl (C=O) groups is 1. The molecule has 98 valence electrons. The van der Waals surface area contributed by atoms with Crippen LogP contribution < -0.4 is 5.32 Å². The number of carbonyl (C=O) groups excluding carboxylic acids is 1. The van der Waals surface area contributed by atoms with Crippen LogP contribution in [0.25, 0.3) is 0 Å². The molecule has 2 aromatic rings. The zero-order valence-corrected chi connectivity index (χ0v) is 12.3. The number of hydrogen-bond acceptors (Lipinski definition) is 1. The molecule has 0 fully saturated rings. The van der Waals surface area contributed by atoms with E-state index in [2.05, 4.69) is 21.2 Å². The van der Waals surface area contributed by atoms with Gasteiger partial charge in [0.1, 0.15) is 5.82 Å². The Bertz CT molecular complexity index is 625. The largest absolute Gasteiger partial charge is 0.320 e. The van der Waals surface area contributed by atoms with Gasteiger partial charge >= 0.3 is 0 Å². The number of anilines is 1. The van der Waals surface area contributed by atoms with E-state index in [-0.39, 0.29) is 5.56 Å². The highest BCUT2D eigenvalue weighted by atomic mass is 79.9. The fraction of sp³-hybridized carbons (Fsp3) is 0.0714. The van der Waals surface area contributed by atoms with Crippen LogP contribution in [0.15, 0.2) is 40.9 Å². The van der Waals surface area contributed by atoms with Crippen LogP contribution in [-0.4, -0.2) is 5.91 Å². The van der Waals surface area contributed by atoms with Crippen molar-refractivity contribution in [3.05, 3.63) is 62.8 Å². The van der Waals surface area contributed by atoms with Gasteiger partial charge in [-0.3, -0.25) is 4.79 Å². The molecule has 0 aliphatic carbocycles. The Morgan fingerprint density at radius 3 is 2.63 bits per heavy atom. The van der Waals surface area contributed by atoms with Gasteiger partial charge in [-0.15, -0.1) is 0 Å². The van der Waals surface area contributed by atoms with Crippen molar-refractivity contribution in [3.63, 3.8) is 0 Å². The van der Waals surface area contributed by atoms with Crippen molar-refractivity contribution in [3.8, 4) is 0 Å². The highest BCUT2D eigenvalue weighted by molar-refractivity contribution is 9.10. The number of hydrogen-bond donors (Lipinski definition) is 1. The van der Waals surface area contributed by atoms with Crippen LogP contribution in [0.3, 0.4) is 0 Å². The zero-order chi connectivity index (χ0) is 14.0. The minimum Gasteiger partial charge on any atom is -0.320 e. The third-order valence-corrected chi connectivity index (χ3v) is 3.79. The van der Waals surface area contributed by atoms with E-state index in [0.29, 0.717) is 15.2 Å². The molecule has 0 saturated carbocycles. The van der Waals surface area contributed by atoms with Crippen LogP contribution in [0.2, 0.25) is 5.02 Å². The van der Waals surface area contributed by atoms with Crippen LogP contribution >= 0.6 is 27.5 Å². The van der Waals surface area contributed by atoms with Crippen molar-refractivity contribution in [1.29, 1.82) is 0 Å². The first-order valence-corrected chi connectivity index (χ1v) is 6.68. The molecule has 0 spiro atoms. The monoisotopic (exact) mass is 341 g/mol. The van der Waals surface area contributed by atoms with E-state index < -0.39 is 11.7 Å². The second-order valence-corrected chi connectivity index (χ2v) is 5.22. The summed E-state index contributed by atoms with van der Waals surface area (Å²) in [6.45, 7) is 1.83. The van der Waals surface area contributed by atoms with E-state index in [1.807, 2.05) is 13.0 Å². The van der Waals surface area contributed by atoms with Crippen molar-refractivity contribution in [2.75, 3.05) is 5.32 Å². The number of aryl methyl sites for hydroxylation is 1. The fourth-order valence-electron chi connectivity index (χ4n) is 1.64. The first kappa shape index (κ1) is 14.0. The maximum Gasteiger partial charge on any atom is 0.259 e. The van der Waals surface area contributed by atoms with Gasteiger partial charge in [0.15, 0.2) is 0 Å². The molecule has 0 bridgehead atoms. The maximum atomic E-state index is 13.7. The third-order valence-electron chi connectivity index (χ3n) is 2.63. The second-order valence-electron chi connectivity index (χ2n) is 3.99. The van der Waals surface area contributed by atoms with E-state index in [9.17, 15) is 9.18 Å². The Balaban J connectivity index is 2.34. The van der Waals surface area contributed by atoms with E-state index in [4.69, 9.17) is 11.6 Å². The van der Waals surface area contributed by atoms with E-state index in [1.165, 1.54) is 12.1 Å². The van der Waals surface area contributed by atoms with Gasteiger partial charge < -0.3 is 5.32 Å². The normalized spacial score (nSPS) is 10.3. The van der Waals surface area contributed by atoms with Crippen molar-refractivity contribution in [2.45, 2.75) is 6.92 Å². The minimum atomic E-state index is -0.587. The van der Waals surface area contributed by atoms with Crippen LogP contribution in [0.5, 0.6) is 0 Å². The molecule has 0 saturated heterocycles. The number of benzene rings is 2. The molecule has 2 nitrogen and oxygen atoms in total. The molecule has 1 amide bonds. The first-order valence-electron chi connectivity index (χ1n) is 5.51. The van der Waals surface area contributed by atoms with Crippen LogP contribution in [-0.2, 0) is 0 Å². The SMILES string of the molecule is Cc1cccc(NC(=O)c2c(F)cccc2Br)c1Cl.